The van der Waals surface area contributed by atoms with E-state index in [1.807, 2.05) is 13.0 Å². The average Bonchev–Trinajstić information content (AvgIpc) is 3.05. The maximum atomic E-state index is 5.84. The second-order valence-corrected chi connectivity index (χ2v) is 7.56. The fraction of sp³-hybridized carbons (Fsp3) is 0.625. The number of hydrogen-bond acceptors (Lipinski definition) is 5. The summed E-state index contributed by atoms with van der Waals surface area (Å²) >= 11 is 1.51. The molecule has 2 heterocycles. The first-order chi connectivity index (χ1) is 10.0. The standard InChI is InChI=1S/C16H23N3OS/c1-9(2)11-4-6-12(7-5-11)15-18-16(20-19-15)14-10(3)8-13(17)21-14/h8-9,11-12H,4-7,17H2,1-3H3. The Morgan fingerprint density at radius 2 is 2.00 bits per heavy atom. The Bertz CT molecular complexity index is 609. The molecule has 1 fully saturated rings. The van der Waals surface area contributed by atoms with Crippen LogP contribution in [0.2, 0.25) is 0 Å². The Labute approximate surface area is 129 Å². The zero-order chi connectivity index (χ0) is 15.0. The van der Waals surface area contributed by atoms with Gasteiger partial charge in [0.2, 0.25) is 0 Å². The second-order valence-electron chi connectivity index (χ2n) is 6.47. The highest BCUT2D eigenvalue weighted by molar-refractivity contribution is 7.19. The van der Waals surface area contributed by atoms with Gasteiger partial charge in [-0.2, -0.15) is 4.98 Å². The summed E-state index contributed by atoms with van der Waals surface area (Å²) in [6.45, 7) is 6.67. The van der Waals surface area contributed by atoms with Gasteiger partial charge in [-0.1, -0.05) is 19.0 Å². The lowest BCUT2D eigenvalue weighted by atomic mass is 9.77. The van der Waals surface area contributed by atoms with Crippen molar-refractivity contribution >= 4 is 16.3 Å². The van der Waals surface area contributed by atoms with Crippen molar-refractivity contribution in [3.63, 3.8) is 0 Å². The molecule has 4 nitrogen and oxygen atoms in total. The lowest BCUT2D eigenvalue weighted by Crippen LogP contribution is -2.18. The molecule has 21 heavy (non-hydrogen) atoms. The molecule has 2 N–H and O–H groups in total. The van der Waals surface area contributed by atoms with Crippen molar-refractivity contribution in [3.05, 3.63) is 17.5 Å². The molecule has 0 radical (unpaired) electrons. The van der Waals surface area contributed by atoms with Crippen LogP contribution < -0.4 is 5.73 Å². The average molecular weight is 305 g/mol. The Kier molecular flexibility index (Phi) is 4.02. The van der Waals surface area contributed by atoms with Gasteiger partial charge in [-0.05, 0) is 56.1 Å². The third kappa shape index (κ3) is 2.98. The van der Waals surface area contributed by atoms with Crippen LogP contribution in [0.4, 0.5) is 5.00 Å². The number of aromatic nitrogens is 2. The monoisotopic (exact) mass is 305 g/mol. The van der Waals surface area contributed by atoms with Gasteiger partial charge >= 0.3 is 0 Å². The number of aryl methyl sites for hydroxylation is 1. The summed E-state index contributed by atoms with van der Waals surface area (Å²) in [6, 6.07) is 1.96. The molecule has 0 atom stereocenters. The fourth-order valence-electron chi connectivity index (χ4n) is 3.26. The normalized spacial score (nSPS) is 22.9. The van der Waals surface area contributed by atoms with Crippen LogP contribution in [0.5, 0.6) is 0 Å². The zero-order valence-electron chi connectivity index (χ0n) is 12.9. The lowest BCUT2D eigenvalue weighted by Gasteiger charge is -2.29. The highest BCUT2D eigenvalue weighted by Crippen LogP contribution is 2.39. The number of hydrogen-bond donors (Lipinski definition) is 1. The Balaban J connectivity index is 1.73. The predicted octanol–water partition coefficient (Wildman–Crippen LogP) is 4.62. The summed E-state index contributed by atoms with van der Waals surface area (Å²) in [6.07, 6.45) is 4.90. The Morgan fingerprint density at radius 1 is 1.29 bits per heavy atom. The van der Waals surface area contributed by atoms with Gasteiger partial charge in [-0.25, -0.2) is 0 Å². The molecule has 0 aliphatic heterocycles. The van der Waals surface area contributed by atoms with E-state index in [4.69, 9.17) is 10.3 Å². The van der Waals surface area contributed by atoms with Crippen LogP contribution in [0.25, 0.3) is 10.8 Å². The van der Waals surface area contributed by atoms with Crippen LogP contribution in [-0.2, 0) is 0 Å². The smallest absolute Gasteiger partial charge is 0.268 e. The minimum atomic E-state index is 0.454. The molecule has 1 saturated carbocycles. The van der Waals surface area contributed by atoms with E-state index in [0.717, 1.165) is 33.1 Å². The van der Waals surface area contributed by atoms with Gasteiger partial charge < -0.3 is 10.3 Å². The molecular weight excluding hydrogens is 282 g/mol. The molecule has 0 saturated heterocycles. The van der Waals surface area contributed by atoms with Crippen LogP contribution >= 0.6 is 11.3 Å². The molecule has 0 aromatic carbocycles. The summed E-state index contributed by atoms with van der Waals surface area (Å²) in [5.74, 6) is 3.58. The molecule has 5 heteroatoms. The SMILES string of the molecule is Cc1cc(N)sc1-c1nc(C2CCC(C(C)C)CC2)no1. The van der Waals surface area contributed by atoms with E-state index >= 15 is 0 Å². The Hall–Kier alpha value is -1.36. The van der Waals surface area contributed by atoms with Crippen molar-refractivity contribution in [2.45, 2.75) is 52.4 Å². The van der Waals surface area contributed by atoms with Crippen molar-refractivity contribution in [2.75, 3.05) is 5.73 Å². The molecule has 2 aromatic heterocycles. The third-order valence-electron chi connectivity index (χ3n) is 4.65. The summed E-state index contributed by atoms with van der Waals surface area (Å²) in [4.78, 5) is 5.63. The first-order valence-electron chi connectivity index (χ1n) is 7.74. The number of nitrogens with zero attached hydrogens (tertiary/aromatic N) is 2. The molecule has 0 spiro atoms. The van der Waals surface area contributed by atoms with Gasteiger partial charge in [0.05, 0.1) is 9.88 Å². The van der Waals surface area contributed by atoms with Gasteiger partial charge in [0.1, 0.15) is 0 Å². The van der Waals surface area contributed by atoms with Crippen molar-refractivity contribution < 1.29 is 4.52 Å². The number of nitrogen functional groups attached to an aromatic ring is 1. The maximum Gasteiger partial charge on any atom is 0.268 e. The Morgan fingerprint density at radius 3 is 2.57 bits per heavy atom. The summed E-state index contributed by atoms with van der Waals surface area (Å²) in [7, 11) is 0. The number of nitrogens with two attached hydrogens (primary N) is 1. The van der Waals surface area contributed by atoms with Crippen LogP contribution in [0, 0.1) is 18.8 Å². The summed E-state index contributed by atoms with van der Waals surface area (Å²) in [5.41, 5.74) is 6.95. The summed E-state index contributed by atoms with van der Waals surface area (Å²) < 4.78 is 5.47. The van der Waals surface area contributed by atoms with Gasteiger partial charge in [0.15, 0.2) is 5.82 Å². The summed E-state index contributed by atoms with van der Waals surface area (Å²) in [5, 5.41) is 5.01. The van der Waals surface area contributed by atoms with E-state index in [-0.39, 0.29) is 0 Å². The molecular formula is C16H23N3OS. The molecule has 1 aliphatic carbocycles. The van der Waals surface area contributed by atoms with E-state index in [1.165, 1.54) is 37.0 Å². The highest BCUT2D eigenvalue weighted by Gasteiger charge is 2.27. The van der Waals surface area contributed by atoms with Gasteiger partial charge in [0.25, 0.3) is 5.89 Å². The van der Waals surface area contributed by atoms with Gasteiger partial charge in [-0.3, -0.25) is 0 Å². The zero-order valence-corrected chi connectivity index (χ0v) is 13.7. The van der Waals surface area contributed by atoms with Gasteiger partial charge in [0, 0.05) is 5.92 Å². The van der Waals surface area contributed by atoms with Crippen molar-refractivity contribution in [2.24, 2.45) is 11.8 Å². The van der Waals surface area contributed by atoms with Crippen LogP contribution in [-0.4, -0.2) is 10.1 Å². The van der Waals surface area contributed by atoms with E-state index in [2.05, 4.69) is 24.0 Å². The number of anilines is 1. The topological polar surface area (TPSA) is 64.9 Å². The number of thiophene rings is 1. The quantitative estimate of drug-likeness (QED) is 0.898. The second kappa shape index (κ2) is 5.79. The van der Waals surface area contributed by atoms with E-state index < -0.39 is 0 Å². The first-order valence-corrected chi connectivity index (χ1v) is 8.56. The minimum Gasteiger partial charge on any atom is -0.391 e. The van der Waals surface area contributed by atoms with E-state index in [1.54, 1.807) is 0 Å². The van der Waals surface area contributed by atoms with Gasteiger partial charge in [-0.15, -0.1) is 11.3 Å². The number of rotatable bonds is 3. The van der Waals surface area contributed by atoms with E-state index in [0.29, 0.717) is 11.8 Å². The van der Waals surface area contributed by atoms with Crippen molar-refractivity contribution in [3.8, 4) is 10.8 Å². The highest BCUT2D eigenvalue weighted by atomic mass is 32.1. The molecule has 2 aromatic rings. The predicted molar refractivity (Wildman–Crippen MR) is 86.3 cm³/mol. The van der Waals surface area contributed by atoms with Crippen LogP contribution in [0.15, 0.2) is 10.6 Å². The van der Waals surface area contributed by atoms with Crippen LogP contribution in [0.3, 0.4) is 0 Å². The third-order valence-corrected chi connectivity index (χ3v) is 5.71. The molecule has 3 rings (SSSR count). The van der Waals surface area contributed by atoms with E-state index in [9.17, 15) is 0 Å². The van der Waals surface area contributed by atoms with Crippen molar-refractivity contribution in [1.29, 1.82) is 0 Å². The molecule has 114 valence electrons. The fourth-order valence-corrected chi connectivity index (χ4v) is 4.12. The largest absolute Gasteiger partial charge is 0.391 e. The molecule has 0 amide bonds. The molecule has 1 aliphatic rings. The first kappa shape index (κ1) is 14.6. The maximum absolute atomic E-state index is 5.84. The van der Waals surface area contributed by atoms with Crippen LogP contribution in [0.1, 0.15) is 56.8 Å². The van der Waals surface area contributed by atoms with Crippen molar-refractivity contribution in [1.82, 2.24) is 10.1 Å². The molecule has 0 bridgehead atoms. The molecule has 0 unspecified atom stereocenters. The minimum absolute atomic E-state index is 0.454. The lowest BCUT2D eigenvalue weighted by molar-refractivity contribution is 0.252.